The second-order valence-electron chi connectivity index (χ2n) is 5.67. The molecule has 0 radical (unpaired) electrons. The molecule has 2 rings (SSSR count). The van der Waals surface area contributed by atoms with Crippen LogP contribution in [0.4, 0.5) is 11.4 Å². The van der Waals surface area contributed by atoms with Gasteiger partial charge < -0.3 is 14.9 Å². The molecule has 0 unspecified atom stereocenters. The van der Waals surface area contributed by atoms with Crippen LogP contribution in [0.25, 0.3) is 0 Å². The molecular formula is C18H20N2O3. The summed E-state index contributed by atoms with van der Waals surface area (Å²) in [5.74, 6) is -1.41. The maximum absolute atomic E-state index is 12.9. The van der Waals surface area contributed by atoms with Gasteiger partial charge in [0.15, 0.2) is 5.78 Å². The van der Waals surface area contributed by atoms with Crippen molar-refractivity contribution in [1.29, 1.82) is 0 Å². The number of carbonyl (C=O) groups is 2. The Labute approximate surface area is 135 Å². The van der Waals surface area contributed by atoms with Gasteiger partial charge in [0, 0.05) is 50.7 Å². The van der Waals surface area contributed by atoms with Crippen molar-refractivity contribution < 1.29 is 14.7 Å². The predicted octanol–water partition coefficient (Wildman–Crippen LogP) is 2.75. The van der Waals surface area contributed by atoms with Crippen molar-refractivity contribution in [3.63, 3.8) is 0 Å². The third-order valence-corrected chi connectivity index (χ3v) is 3.63. The molecule has 5 heteroatoms. The van der Waals surface area contributed by atoms with E-state index in [1.807, 2.05) is 45.2 Å². The lowest BCUT2D eigenvalue weighted by atomic mass is 9.96. The summed E-state index contributed by atoms with van der Waals surface area (Å²) < 4.78 is 0. The van der Waals surface area contributed by atoms with Crippen LogP contribution in [0.1, 0.15) is 26.3 Å². The fourth-order valence-electron chi connectivity index (χ4n) is 2.39. The lowest BCUT2D eigenvalue weighted by Gasteiger charge is -2.18. The number of hydrogen-bond donors (Lipinski definition) is 1. The number of ketones is 1. The Morgan fingerprint density at radius 1 is 0.826 bits per heavy atom. The highest BCUT2D eigenvalue weighted by molar-refractivity contribution is 6.17. The van der Waals surface area contributed by atoms with Gasteiger partial charge in [0.05, 0.1) is 5.56 Å². The van der Waals surface area contributed by atoms with E-state index in [0.29, 0.717) is 5.56 Å². The molecule has 120 valence electrons. The van der Waals surface area contributed by atoms with Gasteiger partial charge in [-0.15, -0.1) is 0 Å². The van der Waals surface area contributed by atoms with Gasteiger partial charge >= 0.3 is 5.97 Å². The third kappa shape index (κ3) is 3.34. The van der Waals surface area contributed by atoms with Crippen molar-refractivity contribution >= 4 is 23.1 Å². The summed E-state index contributed by atoms with van der Waals surface area (Å²) in [6.07, 6.45) is 0. The average molecular weight is 312 g/mol. The molecule has 0 spiro atoms. The van der Waals surface area contributed by atoms with Crippen LogP contribution >= 0.6 is 0 Å². The number of aromatic carboxylic acids is 1. The topological polar surface area (TPSA) is 60.9 Å². The second-order valence-corrected chi connectivity index (χ2v) is 5.67. The number of anilines is 2. The van der Waals surface area contributed by atoms with Crippen LogP contribution in [-0.4, -0.2) is 45.0 Å². The maximum Gasteiger partial charge on any atom is 0.336 e. The number of nitrogens with zero attached hydrogens (tertiary/aromatic N) is 2. The summed E-state index contributed by atoms with van der Waals surface area (Å²) in [7, 11) is 7.34. The molecule has 23 heavy (non-hydrogen) atoms. The van der Waals surface area contributed by atoms with Gasteiger partial charge in [-0.2, -0.15) is 0 Å². The summed E-state index contributed by atoms with van der Waals surface area (Å²) in [5, 5.41) is 9.46. The highest BCUT2D eigenvalue weighted by Crippen LogP contribution is 2.25. The molecule has 0 amide bonds. The molecule has 0 bridgehead atoms. The van der Waals surface area contributed by atoms with Crippen LogP contribution in [0.5, 0.6) is 0 Å². The van der Waals surface area contributed by atoms with Crippen molar-refractivity contribution in [1.82, 2.24) is 0 Å². The Kier molecular flexibility index (Phi) is 4.69. The van der Waals surface area contributed by atoms with E-state index >= 15 is 0 Å². The van der Waals surface area contributed by atoms with E-state index < -0.39 is 5.97 Å². The molecule has 0 saturated heterocycles. The lowest BCUT2D eigenvalue weighted by Crippen LogP contribution is -2.17. The Hall–Kier alpha value is -2.82. The molecule has 0 fully saturated rings. The molecule has 2 aromatic rings. The first-order valence-electron chi connectivity index (χ1n) is 7.18. The van der Waals surface area contributed by atoms with Crippen LogP contribution in [-0.2, 0) is 0 Å². The molecule has 2 aromatic carbocycles. The molecule has 0 aliphatic rings. The number of para-hydroxylation sites is 1. The second kappa shape index (κ2) is 6.52. The first-order valence-corrected chi connectivity index (χ1v) is 7.18. The van der Waals surface area contributed by atoms with Gasteiger partial charge in [-0.3, -0.25) is 4.79 Å². The Balaban J connectivity index is 2.58. The minimum atomic E-state index is -1.11. The van der Waals surface area contributed by atoms with Crippen LogP contribution in [0.15, 0.2) is 42.5 Å². The van der Waals surface area contributed by atoms with Crippen LogP contribution < -0.4 is 9.80 Å². The van der Waals surface area contributed by atoms with Gasteiger partial charge in [0.2, 0.25) is 0 Å². The highest BCUT2D eigenvalue weighted by atomic mass is 16.4. The van der Waals surface area contributed by atoms with E-state index in [-0.39, 0.29) is 16.9 Å². The number of benzene rings is 2. The maximum atomic E-state index is 12.9. The van der Waals surface area contributed by atoms with Crippen molar-refractivity contribution in [2.75, 3.05) is 38.0 Å². The Morgan fingerprint density at radius 2 is 1.48 bits per heavy atom. The lowest BCUT2D eigenvalue weighted by molar-refractivity contribution is 0.0693. The van der Waals surface area contributed by atoms with Crippen LogP contribution in [0.3, 0.4) is 0 Å². The number of hydrogen-bond acceptors (Lipinski definition) is 4. The molecule has 5 nitrogen and oxygen atoms in total. The SMILES string of the molecule is CN(C)c1ccc(C(=O)c2ccccc2N(C)C)c(C(=O)O)c1. The van der Waals surface area contributed by atoms with Gasteiger partial charge in [-0.1, -0.05) is 12.1 Å². The van der Waals surface area contributed by atoms with Crippen LogP contribution in [0, 0.1) is 0 Å². The van der Waals surface area contributed by atoms with E-state index in [0.717, 1.165) is 11.4 Å². The highest BCUT2D eigenvalue weighted by Gasteiger charge is 2.21. The largest absolute Gasteiger partial charge is 0.478 e. The van der Waals surface area contributed by atoms with Gasteiger partial charge in [-0.25, -0.2) is 4.79 Å². The van der Waals surface area contributed by atoms with Gasteiger partial charge in [-0.05, 0) is 30.3 Å². The standard InChI is InChI=1S/C18H20N2O3/c1-19(2)12-9-10-13(15(11-12)18(22)23)17(21)14-7-5-6-8-16(14)20(3)4/h5-11H,1-4H3,(H,22,23). The fourth-order valence-corrected chi connectivity index (χ4v) is 2.39. The molecule has 0 aromatic heterocycles. The van der Waals surface area contributed by atoms with E-state index in [1.165, 1.54) is 6.07 Å². The van der Waals surface area contributed by atoms with Crippen molar-refractivity contribution in [3.8, 4) is 0 Å². The number of rotatable bonds is 5. The summed E-state index contributed by atoms with van der Waals surface area (Å²) in [6, 6.07) is 12.0. The number of carboxylic acid groups (broad SMARTS) is 1. The molecule has 0 aliphatic heterocycles. The van der Waals surface area contributed by atoms with E-state index in [2.05, 4.69) is 0 Å². The first kappa shape index (κ1) is 16.5. The fraction of sp³-hybridized carbons (Fsp3) is 0.222. The average Bonchev–Trinajstić information content (AvgIpc) is 2.53. The summed E-state index contributed by atoms with van der Waals surface area (Å²) in [5.41, 5.74) is 2.18. The zero-order valence-corrected chi connectivity index (χ0v) is 13.7. The number of carbonyl (C=O) groups excluding carboxylic acids is 1. The Bertz CT molecular complexity index is 752. The smallest absolute Gasteiger partial charge is 0.336 e. The predicted molar refractivity (Wildman–Crippen MR) is 91.9 cm³/mol. The molecule has 0 atom stereocenters. The summed E-state index contributed by atoms with van der Waals surface area (Å²) >= 11 is 0. The van der Waals surface area contributed by atoms with E-state index in [9.17, 15) is 14.7 Å². The summed E-state index contributed by atoms with van der Waals surface area (Å²) in [6.45, 7) is 0. The summed E-state index contributed by atoms with van der Waals surface area (Å²) in [4.78, 5) is 28.1. The van der Waals surface area contributed by atoms with Crippen molar-refractivity contribution in [2.45, 2.75) is 0 Å². The van der Waals surface area contributed by atoms with Crippen molar-refractivity contribution in [3.05, 3.63) is 59.2 Å². The first-order chi connectivity index (χ1) is 10.8. The quantitative estimate of drug-likeness (QED) is 0.860. The molecule has 0 heterocycles. The molecule has 1 N–H and O–H groups in total. The molecular weight excluding hydrogens is 292 g/mol. The van der Waals surface area contributed by atoms with Crippen LogP contribution in [0.2, 0.25) is 0 Å². The normalized spacial score (nSPS) is 10.3. The zero-order valence-electron chi connectivity index (χ0n) is 13.7. The minimum Gasteiger partial charge on any atom is -0.478 e. The molecule has 0 saturated carbocycles. The monoisotopic (exact) mass is 312 g/mol. The van der Waals surface area contributed by atoms with Gasteiger partial charge in [0.25, 0.3) is 0 Å². The third-order valence-electron chi connectivity index (χ3n) is 3.63. The number of carboxylic acids is 1. The van der Waals surface area contributed by atoms with Crippen molar-refractivity contribution in [2.24, 2.45) is 0 Å². The van der Waals surface area contributed by atoms with Gasteiger partial charge in [0.1, 0.15) is 0 Å². The van der Waals surface area contributed by atoms with E-state index in [1.54, 1.807) is 29.2 Å². The zero-order chi connectivity index (χ0) is 17.1. The molecule has 0 aliphatic carbocycles. The minimum absolute atomic E-state index is 0.00904. The van der Waals surface area contributed by atoms with E-state index in [4.69, 9.17) is 0 Å². The Morgan fingerprint density at radius 3 is 2.04 bits per heavy atom.